The summed E-state index contributed by atoms with van der Waals surface area (Å²) in [4.78, 5) is 8.67. The van der Waals surface area contributed by atoms with E-state index in [2.05, 4.69) is 30.7 Å². The monoisotopic (exact) mass is 324 g/mol. The van der Waals surface area contributed by atoms with Crippen molar-refractivity contribution in [1.82, 2.24) is 34.7 Å². The average molecular weight is 324 g/mol. The number of halogens is 1. The number of rotatable bonds is 4. The summed E-state index contributed by atoms with van der Waals surface area (Å²) in [6.07, 6.45) is 5.15. The van der Waals surface area contributed by atoms with Crippen molar-refractivity contribution in [2.45, 2.75) is 13.5 Å². The molecule has 3 aromatic heterocycles. The molecule has 0 unspecified atom stereocenters. The van der Waals surface area contributed by atoms with Gasteiger partial charge in [0.05, 0.1) is 23.8 Å². The first-order valence-corrected chi connectivity index (χ1v) is 7.37. The van der Waals surface area contributed by atoms with Crippen LogP contribution in [0, 0.1) is 5.82 Å². The molecule has 0 fully saturated rings. The first-order chi connectivity index (χ1) is 11.7. The molecule has 0 radical (unpaired) electrons. The van der Waals surface area contributed by atoms with Gasteiger partial charge in [-0.25, -0.2) is 9.37 Å². The number of aromatic nitrogens is 7. The molecule has 3 heterocycles. The fraction of sp³-hybridized carbons (Fsp3) is 0.133. The largest absolute Gasteiger partial charge is 0.321 e. The Labute approximate surface area is 136 Å². The van der Waals surface area contributed by atoms with Crippen LogP contribution in [0.3, 0.4) is 0 Å². The second kappa shape index (κ2) is 5.69. The number of fused-ring (bicyclic) bond motifs is 1. The summed E-state index contributed by atoms with van der Waals surface area (Å²) in [5, 5.41) is 15.4. The second-order valence-corrected chi connectivity index (χ2v) is 5.09. The molecule has 1 aromatic carbocycles. The van der Waals surface area contributed by atoms with E-state index in [1.807, 2.05) is 13.1 Å². The molecule has 0 saturated heterocycles. The standard InChI is InChI=1S/C15H13FN8/c1-2-23-9-11(7-18-23)19-15-17-8-13-14(20-15)24(22-21-13)12-5-3-10(16)4-6-12/h3-9H,2H2,1H3,(H,17,19,20). The van der Waals surface area contributed by atoms with E-state index < -0.39 is 0 Å². The van der Waals surface area contributed by atoms with E-state index in [0.29, 0.717) is 22.8 Å². The summed E-state index contributed by atoms with van der Waals surface area (Å²) >= 11 is 0. The molecule has 0 aliphatic carbocycles. The van der Waals surface area contributed by atoms with E-state index in [4.69, 9.17) is 0 Å². The van der Waals surface area contributed by atoms with Gasteiger partial charge < -0.3 is 5.32 Å². The van der Waals surface area contributed by atoms with Gasteiger partial charge >= 0.3 is 0 Å². The number of benzene rings is 1. The number of nitrogens with zero attached hydrogens (tertiary/aromatic N) is 7. The Balaban J connectivity index is 1.71. The quantitative estimate of drug-likeness (QED) is 0.620. The topological polar surface area (TPSA) is 86.3 Å². The molecule has 0 atom stereocenters. The molecule has 24 heavy (non-hydrogen) atoms. The van der Waals surface area contributed by atoms with E-state index in [-0.39, 0.29) is 5.82 Å². The Morgan fingerprint density at radius 1 is 1.17 bits per heavy atom. The van der Waals surface area contributed by atoms with Crippen LogP contribution in [-0.2, 0) is 6.54 Å². The van der Waals surface area contributed by atoms with Crippen LogP contribution >= 0.6 is 0 Å². The lowest BCUT2D eigenvalue weighted by molar-refractivity contribution is 0.627. The molecule has 4 rings (SSSR count). The van der Waals surface area contributed by atoms with E-state index in [0.717, 1.165) is 12.2 Å². The number of nitrogens with one attached hydrogen (secondary N) is 1. The van der Waals surface area contributed by atoms with Crippen LogP contribution in [0.1, 0.15) is 6.92 Å². The highest BCUT2D eigenvalue weighted by molar-refractivity contribution is 5.72. The zero-order valence-corrected chi connectivity index (χ0v) is 12.8. The Kier molecular flexibility index (Phi) is 3.38. The van der Waals surface area contributed by atoms with Crippen molar-refractivity contribution in [3.8, 4) is 5.69 Å². The van der Waals surface area contributed by atoms with Crippen molar-refractivity contribution in [2.24, 2.45) is 0 Å². The smallest absolute Gasteiger partial charge is 0.229 e. The maximum atomic E-state index is 13.1. The van der Waals surface area contributed by atoms with Crippen LogP contribution in [0.4, 0.5) is 16.0 Å². The van der Waals surface area contributed by atoms with E-state index in [9.17, 15) is 4.39 Å². The van der Waals surface area contributed by atoms with Crippen molar-refractivity contribution in [2.75, 3.05) is 5.32 Å². The van der Waals surface area contributed by atoms with Crippen LogP contribution in [0.25, 0.3) is 16.9 Å². The van der Waals surface area contributed by atoms with Gasteiger partial charge in [0.15, 0.2) is 11.2 Å². The van der Waals surface area contributed by atoms with Crippen LogP contribution in [0.15, 0.2) is 42.9 Å². The highest BCUT2D eigenvalue weighted by Crippen LogP contribution is 2.17. The minimum atomic E-state index is -0.312. The van der Waals surface area contributed by atoms with Crippen LogP contribution < -0.4 is 5.32 Å². The summed E-state index contributed by atoms with van der Waals surface area (Å²) < 4.78 is 16.4. The molecule has 4 aromatic rings. The molecular formula is C15H13FN8. The maximum Gasteiger partial charge on any atom is 0.229 e. The molecule has 0 aliphatic heterocycles. The third-order valence-electron chi connectivity index (χ3n) is 3.48. The van der Waals surface area contributed by atoms with Crippen molar-refractivity contribution in [3.05, 3.63) is 48.7 Å². The Bertz CT molecular complexity index is 988. The summed E-state index contributed by atoms with van der Waals surface area (Å²) in [7, 11) is 0. The second-order valence-electron chi connectivity index (χ2n) is 5.09. The van der Waals surface area contributed by atoms with Crippen molar-refractivity contribution < 1.29 is 4.39 Å². The van der Waals surface area contributed by atoms with Crippen molar-refractivity contribution in [1.29, 1.82) is 0 Å². The number of aryl methyl sites for hydroxylation is 1. The molecule has 0 spiro atoms. The van der Waals surface area contributed by atoms with Gasteiger partial charge in [0.25, 0.3) is 0 Å². The Hall–Kier alpha value is -3.36. The Morgan fingerprint density at radius 2 is 2.00 bits per heavy atom. The van der Waals surface area contributed by atoms with Crippen LogP contribution in [-0.4, -0.2) is 34.7 Å². The fourth-order valence-electron chi connectivity index (χ4n) is 2.27. The van der Waals surface area contributed by atoms with Gasteiger partial charge in [0, 0.05) is 12.7 Å². The van der Waals surface area contributed by atoms with E-state index in [1.54, 1.807) is 29.2 Å². The molecule has 0 bridgehead atoms. The molecule has 9 heteroatoms. The summed E-state index contributed by atoms with van der Waals surface area (Å²) in [6.45, 7) is 2.79. The highest BCUT2D eigenvalue weighted by atomic mass is 19.1. The van der Waals surface area contributed by atoms with Crippen LogP contribution in [0.5, 0.6) is 0 Å². The van der Waals surface area contributed by atoms with Gasteiger partial charge in [-0.2, -0.15) is 14.8 Å². The van der Waals surface area contributed by atoms with Crippen molar-refractivity contribution in [3.63, 3.8) is 0 Å². The van der Waals surface area contributed by atoms with E-state index in [1.165, 1.54) is 16.8 Å². The highest BCUT2D eigenvalue weighted by Gasteiger charge is 2.11. The normalized spacial score (nSPS) is 11.1. The third kappa shape index (κ3) is 2.56. The summed E-state index contributed by atoms with van der Waals surface area (Å²) in [5.74, 6) is 0.0944. The lowest BCUT2D eigenvalue weighted by Crippen LogP contribution is -2.01. The number of hydrogen-bond donors (Lipinski definition) is 1. The van der Waals surface area contributed by atoms with Gasteiger partial charge in [-0.3, -0.25) is 4.68 Å². The lowest BCUT2D eigenvalue weighted by Gasteiger charge is -2.03. The van der Waals surface area contributed by atoms with Crippen molar-refractivity contribution >= 4 is 22.8 Å². The molecule has 8 nitrogen and oxygen atoms in total. The molecule has 1 N–H and O–H groups in total. The van der Waals surface area contributed by atoms with Gasteiger partial charge in [-0.15, -0.1) is 5.10 Å². The molecular weight excluding hydrogens is 311 g/mol. The number of anilines is 2. The van der Waals surface area contributed by atoms with Gasteiger partial charge in [-0.1, -0.05) is 5.21 Å². The zero-order valence-electron chi connectivity index (χ0n) is 12.8. The van der Waals surface area contributed by atoms with Gasteiger partial charge in [0.2, 0.25) is 5.95 Å². The van der Waals surface area contributed by atoms with Gasteiger partial charge in [-0.05, 0) is 31.2 Å². The lowest BCUT2D eigenvalue weighted by atomic mass is 10.3. The molecule has 0 aliphatic rings. The third-order valence-corrected chi connectivity index (χ3v) is 3.48. The van der Waals surface area contributed by atoms with E-state index >= 15 is 0 Å². The minimum absolute atomic E-state index is 0.312. The Morgan fingerprint density at radius 3 is 2.75 bits per heavy atom. The summed E-state index contributed by atoms with van der Waals surface area (Å²) in [6, 6.07) is 5.96. The number of hydrogen-bond acceptors (Lipinski definition) is 6. The first kappa shape index (κ1) is 14.2. The van der Waals surface area contributed by atoms with Gasteiger partial charge in [0.1, 0.15) is 5.82 Å². The molecule has 0 saturated carbocycles. The summed E-state index contributed by atoms with van der Waals surface area (Å²) in [5.41, 5.74) is 2.54. The maximum absolute atomic E-state index is 13.1. The fourth-order valence-corrected chi connectivity index (χ4v) is 2.27. The zero-order chi connectivity index (χ0) is 16.5. The average Bonchev–Trinajstić information content (AvgIpc) is 3.22. The predicted octanol–water partition coefficient (Wildman–Crippen LogP) is 2.31. The SMILES string of the molecule is CCn1cc(Nc2ncc3nnn(-c4ccc(F)cc4)c3n2)cn1. The predicted molar refractivity (Wildman–Crippen MR) is 85.6 cm³/mol. The minimum Gasteiger partial charge on any atom is -0.321 e. The van der Waals surface area contributed by atoms with Crippen LogP contribution in [0.2, 0.25) is 0 Å². The molecule has 0 amide bonds. The molecule has 120 valence electrons. The first-order valence-electron chi connectivity index (χ1n) is 7.37.